The Balaban J connectivity index is 2.72. The molecule has 2 aromatic rings. The van der Waals surface area contributed by atoms with Gasteiger partial charge in [0.25, 0.3) is 0 Å². The Morgan fingerprint density at radius 3 is 2.38 bits per heavy atom. The second kappa shape index (κ2) is 3.37. The molecular formula is C9H9N5O2. The highest BCUT2D eigenvalue weighted by atomic mass is 16.1. The molecular weight excluding hydrogens is 210 g/mol. The van der Waals surface area contributed by atoms with Crippen molar-refractivity contribution in [2.45, 2.75) is 13.8 Å². The molecule has 2 heterocycles. The Morgan fingerprint density at radius 2 is 1.81 bits per heavy atom. The molecule has 0 saturated heterocycles. The number of aromatic nitrogens is 4. The molecule has 0 unspecified atom stereocenters. The summed E-state index contributed by atoms with van der Waals surface area (Å²) in [5.41, 5.74) is 6.22. The summed E-state index contributed by atoms with van der Waals surface area (Å²) in [6.45, 7) is 2.70. The number of nitrogens with one attached hydrogen (secondary N) is 1. The summed E-state index contributed by atoms with van der Waals surface area (Å²) in [4.78, 5) is 36.5. The molecule has 0 amide bonds. The van der Waals surface area contributed by atoms with E-state index in [2.05, 4.69) is 19.9 Å². The van der Waals surface area contributed by atoms with Crippen LogP contribution in [0.4, 0.5) is 5.82 Å². The quantitative estimate of drug-likeness (QED) is 0.704. The lowest BCUT2D eigenvalue weighted by molar-refractivity contribution is 0.0997. The van der Waals surface area contributed by atoms with Gasteiger partial charge >= 0.3 is 0 Å². The van der Waals surface area contributed by atoms with Crippen molar-refractivity contribution in [3.63, 3.8) is 0 Å². The number of imidazole rings is 1. The molecule has 0 aliphatic heterocycles. The van der Waals surface area contributed by atoms with Crippen LogP contribution >= 0.6 is 0 Å². The van der Waals surface area contributed by atoms with E-state index >= 15 is 0 Å². The summed E-state index contributed by atoms with van der Waals surface area (Å²) in [5.74, 6) is -0.291. The smallest absolute Gasteiger partial charge is 0.199 e. The minimum Gasteiger partial charge on any atom is -0.382 e. The predicted molar refractivity (Wildman–Crippen MR) is 56.1 cm³/mol. The Bertz CT molecular complexity index is 601. The highest BCUT2D eigenvalue weighted by Gasteiger charge is 2.14. The second-order valence-electron chi connectivity index (χ2n) is 3.33. The van der Waals surface area contributed by atoms with Gasteiger partial charge in [-0.15, -0.1) is 0 Å². The van der Waals surface area contributed by atoms with Crippen molar-refractivity contribution < 1.29 is 9.59 Å². The van der Waals surface area contributed by atoms with Crippen molar-refractivity contribution in [3.8, 4) is 0 Å². The van der Waals surface area contributed by atoms with Crippen molar-refractivity contribution in [3.05, 3.63) is 11.6 Å². The van der Waals surface area contributed by atoms with Crippen LogP contribution in [-0.2, 0) is 0 Å². The van der Waals surface area contributed by atoms with Crippen molar-refractivity contribution in [2.24, 2.45) is 0 Å². The molecule has 0 saturated carbocycles. The molecule has 0 aliphatic carbocycles. The molecule has 0 radical (unpaired) electrons. The third-order valence-corrected chi connectivity index (χ3v) is 2.03. The number of hydrogen-bond donors (Lipinski definition) is 2. The number of H-pyrrole nitrogens is 1. The number of ketones is 2. The molecule has 0 aromatic carbocycles. The van der Waals surface area contributed by atoms with Gasteiger partial charge in [-0.2, -0.15) is 0 Å². The second-order valence-corrected chi connectivity index (χ2v) is 3.33. The van der Waals surface area contributed by atoms with Gasteiger partial charge < -0.3 is 10.7 Å². The monoisotopic (exact) mass is 219 g/mol. The maximum absolute atomic E-state index is 11.1. The number of nitrogens with zero attached hydrogens (tertiary/aromatic N) is 3. The SMILES string of the molecule is CC(=O)c1nc(N)c2[nH]c(C(C)=O)nc2n1. The largest absolute Gasteiger partial charge is 0.382 e. The third kappa shape index (κ3) is 1.52. The standard InChI is InChI=1S/C9H9N5O2/c1-3(15)7-11-5-6(10)12-8(4(2)16)14-9(5)13-7/h1-2H3,(H3,10,11,12,13,14). The van der Waals surface area contributed by atoms with E-state index in [0.717, 1.165) is 0 Å². The molecule has 0 spiro atoms. The minimum absolute atomic E-state index is 0.00778. The molecule has 2 rings (SSSR count). The molecule has 0 bridgehead atoms. The number of Topliss-reactive ketones (excluding diaryl/α,β-unsaturated/α-hetero) is 2. The fourth-order valence-electron chi connectivity index (χ4n) is 1.24. The first-order valence-electron chi connectivity index (χ1n) is 4.54. The predicted octanol–water partition coefficient (Wildman–Crippen LogP) is 0.340. The van der Waals surface area contributed by atoms with Crippen LogP contribution in [-0.4, -0.2) is 31.5 Å². The van der Waals surface area contributed by atoms with Crippen molar-refractivity contribution in [1.82, 2.24) is 19.9 Å². The van der Waals surface area contributed by atoms with E-state index in [1.807, 2.05) is 0 Å². The number of fused-ring (bicyclic) bond motifs is 1. The fourth-order valence-corrected chi connectivity index (χ4v) is 1.24. The zero-order valence-corrected chi connectivity index (χ0v) is 8.74. The van der Waals surface area contributed by atoms with E-state index < -0.39 is 0 Å². The highest BCUT2D eigenvalue weighted by Crippen LogP contribution is 2.15. The van der Waals surface area contributed by atoms with Gasteiger partial charge in [0.15, 0.2) is 34.7 Å². The summed E-state index contributed by atoms with van der Waals surface area (Å²) >= 11 is 0. The zero-order valence-electron chi connectivity index (χ0n) is 8.74. The van der Waals surface area contributed by atoms with Gasteiger partial charge in [-0.05, 0) is 0 Å². The van der Waals surface area contributed by atoms with E-state index in [4.69, 9.17) is 5.73 Å². The number of hydrogen-bond acceptors (Lipinski definition) is 6. The Hall–Kier alpha value is -2.31. The molecule has 7 nitrogen and oxygen atoms in total. The molecule has 0 fully saturated rings. The number of nitrogen functional groups attached to an aromatic ring is 1. The first kappa shape index (κ1) is 10.2. The lowest BCUT2D eigenvalue weighted by Crippen LogP contribution is -2.04. The topological polar surface area (TPSA) is 115 Å². The van der Waals surface area contributed by atoms with Crippen LogP contribution in [0.25, 0.3) is 11.2 Å². The van der Waals surface area contributed by atoms with Crippen LogP contribution in [0.3, 0.4) is 0 Å². The van der Waals surface area contributed by atoms with E-state index in [1.165, 1.54) is 13.8 Å². The van der Waals surface area contributed by atoms with Gasteiger partial charge in [0.2, 0.25) is 0 Å². The van der Waals surface area contributed by atoms with Gasteiger partial charge in [0.1, 0.15) is 5.52 Å². The molecule has 82 valence electrons. The van der Waals surface area contributed by atoms with Crippen LogP contribution in [0.5, 0.6) is 0 Å². The Morgan fingerprint density at radius 1 is 1.12 bits per heavy atom. The van der Waals surface area contributed by atoms with Gasteiger partial charge in [0, 0.05) is 13.8 Å². The van der Waals surface area contributed by atoms with Gasteiger partial charge in [-0.25, -0.2) is 15.0 Å². The summed E-state index contributed by atoms with van der Waals surface area (Å²) < 4.78 is 0. The van der Waals surface area contributed by atoms with E-state index in [0.29, 0.717) is 5.52 Å². The number of carbonyl (C=O) groups is 2. The van der Waals surface area contributed by atoms with E-state index in [1.54, 1.807) is 0 Å². The third-order valence-electron chi connectivity index (χ3n) is 2.03. The summed E-state index contributed by atoms with van der Waals surface area (Å²) in [6.07, 6.45) is 0. The van der Waals surface area contributed by atoms with E-state index in [-0.39, 0.29) is 34.7 Å². The summed E-state index contributed by atoms with van der Waals surface area (Å²) in [6, 6.07) is 0. The van der Waals surface area contributed by atoms with Crippen molar-refractivity contribution in [1.29, 1.82) is 0 Å². The van der Waals surface area contributed by atoms with Crippen molar-refractivity contribution >= 4 is 28.5 Å². The lowest BCUT2D eigenvalue weighted by atomic mass is 10.4. The first-order valence-corrected chi connectivity index (χ1v) is 4.54. The van der Waals surface area contributed by atoms with Crippen molar-refractivity contribution in [2.75, 3.05) is 5.73 Å². The fraction of sp³-hybridized carbons (Fsp3) is 0.222. The number of rotatable bonds is 2. The summed E-state index contributed by atoms with van der Waals surface area (Å²) in [7, 11) is 0. The Labute approximate surface area is 90.1 Å². The highest BCUT2D eigenvalue weighted by molar-refractivity contribution is 5.97. The molecule has 0 aliphatic rings. The van der Waals surface area contributed by atoms with Gasteiger partial charge in [-0.1, -0.05) is 0 Å². The minimum atomic E-state index is -0.305. The molecule has 0 atom stereocenters. The zero-order chi connectivity index (χ0) is 11.9. The van der Waals surface area contributed by atoms with Crippen LogP contribution < -0.4 is 5.73 Å². The van der Waals surface area contributed by atoms with Crippen LogP contribution in [0.1, 0.15) is 35.1 Å². The van der Waals surface area contributed by atoms with E-state index in [9.17, 15) is 9.59 Å². The normalized spacial score (nSPS) is 10.6. The van der Waals surface area contributed by atoms with Crippen LogP contribution in [0.15, 0.2) is 0 Å². The average Bonchev–Trinajstić information content (AvgIpc) is 2.61. The number of anilines is 1. The van der Waals surface area contributed by atoms with Crippen LogP contribution in [0, 0.1) is 0 Å². The summed E-state index contributed by atoms with van der Waals surface area (Å²) in [5, 5.41) is 0. The van der Waals surface area contributed by atoms with Crippen LogP contribution in [0.2, 0.25) is 0 Å². The van der Waals surface area contributed by atoms with Gasteiger partial charge in [0.05, 0.1) is 0 Å². The number of aromatic amines is 1. The molecule has 7 heteroatoms. The number of nitrogens with two attached hydrogens (primary N) is 1. The maximum atomic E-state index is 11.1. The molecule has 3 N–H and O–H groups in total. The number of carbonyl (C=O) groups excluding carboxylic acids is 2. The van der Waals surface area contributed by atoms with Gasteiger partial charge in [-0.3, -0.25) is 9.59 Å². The lowest BCUT2D eigenvalue weighted by Gasteiger charge is -1.96. The molecule has 16 heavy (non-hydrogen) atoms. The Kier molecular flexibility index (Phi) is 2.15. The first-order chi connectivity index (χ1) is 7.49. The average molecular weight is 219 g/mol. The maximum Gasteiger partial charge on any atom is 0.199 e. The molecule has 2 aromatic heterocycles.